The third-order valence-electron chi connectivity index (χ3n) is 2.44. The monoisotopic (exact) mass is 258 g/mol. The van der Waals surface area contributed by atoms with Crippen LogP contribution in [-0.2, 0) is 0 Å². The summed E-state index contributed by atoms with van der Waals surface area (Å²) in [7, 11) is 0. The lowest BCUT2D eigenvalue weighted by molar-refractivity contribution is -0.385. The highest BCUT2D eigenvalue weighted by atomic mass is 16.6. The van der Waals surface area contributed by atoms with Gasteiger partial charge in [0.05, 0.1) is 16.7 Å². The van der Waals surface area contributed by atoms with Gasteiger partial charge in [-0.15, -0.1) is 0 Å². The number of carbonyl (C=O) groups is 1. The van der Waals surface area contributed by atoms with Crippen molar-refractivity contribution in [3.63, 3.8) is 0 Å². The summed E-state index contributed by atoms with van der Waals surface area (Å²) in [4.78, 5) is 24.9. The van der Waals surface area contributed by atoms with E-state index >= 15 is 0 Å². The van der Waals surface area contributed by atoms with Gasteiger partial charge in [0.1, 0.15) is 11.5 Å². The maximum absolute atomic E-state index is 10.8. The largest absolute Gasteiger partial charge is 0.456 e. The Labute approximate surface area is 108 Å². The molecule has 2 rings (SSSR count). The zero-order chi connectivity index (χ0) is 13.8. The highest BCUT2D eigenvalue weighted by Crippen LogP contribution is 2.26. The summed E-state index contributed by atoms with van der Waals surface area (Å²) < 4.78 is 5.47. The van der Waals surface area contributed by atoms with Gasteiger partial charge in [-0.05, 0) is 31.2 Å². The first-order valence-electron chi connectivity index (χ1n) is 5.44. The summed E-state index contributed by atoms with van der Waals surface area (Å²) in [6.07, 6.45) is 1.97. The first-order valence-corrected chi connectivity index (χ1v) is 5.44. The van der Waals surface area contributed by atoms with Gasteiger partial charge in [-0.3, -0.25) is 19.9 Å². The number of hydrogen-bond acceptors (Lipinski definition) is 5. The fourth-order valence-electron chi connectivity index (χ4n) is 1.51. The van der Waals surface area contributed by atoms with Crippen molar-refractivity contribution in [1.29, 1.82) is 0 Å². The molecule has 1 aromatic carbocycles. The van der Waals surface area contributed by atoms with Crippen LogP contribution in [0.15, 0.2) is 36.5 Å². The van der Waals surface area contributed by atoms with Gasteiger partial charge in [0.15, 0.2) is 6.29 Å². The summed E-state index contributed by atoms with van der Waals surface area (Å²) in [5.74, 6) is 0.842. The summed E-state index contributed by atoms with van der Waals surface area (Å²) >= 11 is 0. The summed E-state index contributed by atoms with van der Waals surface area (Å²) in [5.41, 5.74) is 0.580. The van der Waals surface area contributed by atoms with Crippen molar-refractivity contribution >= 4 is 12.0 Å². The van der Waals surface area contributed by atoms with Crippen LogP contribution in [-0.4, -0.2) is 16.2 Å². The lowest BCUT2D eigenvalue weighted by Gasteiger charge is -2.06. The minimum atomic E-state index is -0.610. The molecule has 0 aliphatic heterocycles. The molecule has 19 heavy (non-hydrogen) atoms. The SMILES string of the molecule is Cc1ccc(Oc2ccc([N+](=O)[O-])c(C=O)c2)cn1. The Morgan fingerprint density at radius 1 is 1.26 bits per heavy atom. The Morgan fingerprint density at radius 2 is 2.00 bits per heavy atom. The number of nitrogens with zero attached hydrogens (tertiary/aromatic N) is 2. The number of aromatic nitrogens is 1. The average molecular weight is 258 g/mol. The predicted octanol–water partition coefficient (Wildman–Crippen LogP) is 2.90. The highest BCUT2D eigenvalue weighted by molar-refractivity contribution is 5.82. The van der Waals surface area contributed by atoms with Gasteiger partial charge in [-0.1, -0.05) is 0 Å². The number of nitro groups is 1. The van der Waals surface area contributed by atoms with Crippen molar-refractivity contribution in [3.05, 3.63) is 57.9 Å². The Bertz CT molecular complexity index is 623. The molecule has 0 amide bonds. The molecule has 0 fully saturated rings. The molecule has 0 bridgehead atoms. The van der Waals surface area contributed by atoms with E-state index in [0.717, 1.165) is 5.69 Å². The number of ether oxygens (including phenoxy) is 1. The predicted molar refractivity (Wildman–Crippen MR) is 67.5 cm³/mol. The highest BCUT2D eigenvalue weighted by Gasteiger charge is 2.14. The van der Waals surface area contributed by atoms with E-state index in [9.17, 15) is 14.9 Å². The molecule has 0 unspecified atom stereocenters. The lowest BCUT2D eigenvalue weighted by Crippen LogP contribution is -1.95. The van der Waals surface area contributed by atoms with Crippen LogP contribution in [0.1, 0.15) is 16.1 Å². The van der Waals surface area contributed by atoms with Crippen LogP contribution in [0.3, 0.4) is 0 Å². The van der Waals surface area contributed by atoms with Crippen LogP contribution in [0, 0.1) is 17.0 Å². The second-order valence-electron chi connectivity index (χ2n) is 3.83. The fourth-order valence-corrected chi connectivity index (χ4v) is 1.51. The van der Waals surface area contributed by atoms with E-state index in [0.29, 0.717) is 17.8 Å². The topological polar surface area (TPSA) is 82.3 Å². The van der Waals surface area contributed by atoms with Crippen molar-refractivity contribution < 1.29 is 14.5 Å². The number of nitro benzene ring substituents is 1. The van der Waals surface area contributed by atoms with E-state index in [1.54, 1.807) is 12.1 Å². The molecule has 0 N–H and O–H groups in total. The van der Waals surface area contributed by atoms with Gasteiger partial charge in [0.25, 0.3) is 5.69 Å². The molecule has 0 spiro atoms. The molecule has 0 radical (unpaired) electrons. The number of pyridine rings is 1. The van der Waals surface area contributed by atoms with Crippen LogP contribution in [0.25, 0.3) is 0 Å². The number of benzene rings is 1. The van der Waals surface area contributed by atoms with Crippen LogP contribution >= 0.6 is 0 Å². The molecule has 6 nitrogen and oxygen atoms in total. The van der Waals surface area contributed by atoms with Crippen molar-refractivity contribution in [2.45, 2.75) is 6.92 Å². The second-order valence-corrected chi connectivity index (χ2v) is 3.83. The molecule has 1 heterocycles. The first-order chi connectivity index (χ1) is 9.10. The lowest BCUT2D eigenvalue weighted by atomic mass is 10.2. The maximum Gasteiger partial charge on any atom is 0.280 e. The number of aldehydes is 1. The van der Waals surface area contributed by atoms with Crippen molar-refractivity contribution in [2.75, 3.05) is 0 Å². The van der Waals surface area contributed by atoms with E-state index in [1.807, 2.05) is 6.92 Å². The number of rotatable bonds is 4. The van der Waals surface area contributed by atoms with Gasteiger partial charge in [0.2, 0.25) is 0 Å². The van der Waals surface area contributed by atoms with Crippen molar-refractivity contribution in [3.8, 4) is 11.5 Å². The van der Waals surface area contributed by atoms with E-state index in [4.69, 9.17) is 4.74 Å². The van der Waals surface area contributed by atoms with E-state index in [-0.39, 0.29) is 11.3 Å². The Kier molecular flexibility index (Phi) is 3.51. The molecule has 1 aromatic heterocycles. The summed E-state index contributed by atoms with van der Waals surface area (Å²) in [6.45, 7) is 1.85. The van der Waals surface area contributed by atoms with E-state index in [2.05, 4.69) is 4.98 Å². The van der Waals surface area contributed by atoms with Crippen molar-refractivity contribution in [1.82, 2.24) is 4.98 Å². The molecule has 2 aromatic rings. The second kappa shape index (κ2) is 5.26. The number of hydrogen-bond donors (Lipinski definition) is 0. The number of carbonyl (C=O) groups excluding carboxylic acids is 1. The molecular formula is C13H10N2O4. The molecule has 0 aliphatic carbocycles. The standard InChI is InChI=1S/C13H10N2O4/c1-9-2-3-12(7-14-9)19-11-4-5-13(15(17)18)10(6-11)8-16/h2-8H,1H3. The molecule has 0 aliphatic rings. The van der Waals surface area contributed by atoms with Gasteiger partial charge in [-0.2, -0.15) is 0 Å². The smallest absolute Gasteiger partial charge is 0.280 e. The van der Waals surface area contributed by atoms with E-state index in [1.165, 1.54) is 24.4 Å². The van der Waals surface area contributed by atoms with Crippen molar-refractivity contribution in [2.24, 2.45) is 0 Å². The molecule has 0 saturated carbocycles. The quantitative estimate of drug-likeness (QED) is 0.478. The minimum absolute atomic E-state index is 0.0254. The summed E-state index contributed by atoms with van der Waals surface area (Å²) in [6, 6.07) is 7.50. The Morgan fingerprint density at radius 3 is 2.58 bits per heavy atom. The third-order valence-corrected chi connectivity index (χ3v) is 2.44. The Hall–Kier alpha value is -2.76. The molecular weight excluding hydrogens is 248 g/mol. The first kappa shape index (κ1) is 12.7. The van der Waals surface area contributed by atoms with Crippen LogP contribution in [0.2, 0.25) is 0 Å². The van der Waals surface area contributed by atoms with Crippen LogP contribution in [0.5, 0.6) is 11.5 Å². The van der Waals surface area contributed by atoms with E-state index < -0.39 is 4.92 Å². The minimum Gasteiger partial charge on any atom is -0.456 e. The summed E-state index contributed by atoms with van der Waals surface area (Å²) in [5, 5.41) is 10.7. The van der Waals surface area contributed by atoms with Gasteiger partial charge in [0, 0.05) is 11.8 Å². The molecule has 0 saturated heterocycles. The van der Waals surface area contributed by atoms with Gasteiger partial charge < -0.3 is 4.74 Å². The average Bonchev–Trinajstić information content (AvgIpc) is 2.41. The zero-order valence-electron chi connectivity index (χ0n) is 10.1. The zero-order valence-corrected chi connectivity index (χ0v) is 10.1. The van der Waals surface area contributed by atoms with Gasteiger partial charge in [-0.25, -0.2) is 0 Å². The molecule has 0 atom stereocenters. The molecule has 6 heteroatoms. The Balaban J connectivity index is 2.29. The number of aryl methyl sites for hydroxylation is 1. The third kappa shape index (κ3) is 2.92. The van der Waals surface area contributed by atoms with Crippen LogP contribution in [0.4, 0.5) is 5.69 Å². The molecule has 96 valence electrons. The van der Waals surface area contributed by atoms with Crippen LogP contribution < -0.4 is 4.74 Å². The normalized spacial score (nSPS) is 9.95. The fraction of sp³-hybridized carbons (Fsp3) is 0.0769. The van der Waals surface area contributed by atoms with Gasteiger partial charge >= 0.3 is 0 Å². The maximum atomic E-state index is 10.8.